The van der Waals surface area contributed by atoms with Crippen molar-refractivity contribution in [2.45, 2.75) is 0 Å². The van der Waals surface area contributed by atoms with E-state index in [2.05, 4.69) is 15.0 Å². The third-order valence-corrected chi connectivity index (χ3v) is 2.64. The number of imidazole rings is 1. The molecule has 8 heteroatoms. The fraction of sp³-hybridized carbons (Fsp3) is 0. The quantitative estimate of drug-likeness (QED) is 0.471. The summed E-state index contributed by atoms with van der Waals surface area (Å²) in [4.78, 5) is 33.7. The van der Waals surface area contributed by atoms with Crippen molar-refractivity contribution in [2.24, 2.45) is 0 Å². The van der Waals surface area contributed by atoms with Gasteiger partial charge in [-0.2, -0.15) is 0 Å². The summed E-state index contributed by atoms with van der Waals surface area (Å²) in [5.41, 5.74) is 4.89. The van der Waals surface area contributed by atoms with Gasteiger partial charge in [-0.3, -0.25) is 14.8 Å². The number of nitrogens with one attached hydrogen (secondary N) is 3. The number of anilines is 1. The molecule has 3 aromatic rings. The first-order chi connectivity index (χ1) is 9.04. The zero-order valence-corrected chi connectivity index (χ0v) is 9.45. The Balaban J connectivity index is 2.32. The highest BCUT2D eigenvalue weighted by Crippen LogP contribution is 2.23. The number of nitrogen functional groups attached to an aromatic ring is 1. The van der Waals surface area contributed by atoms with E-state index >= 15 is 0 Å². The van der Waals surface area contributed by atoms with Crippen LogP contribution in [-0.2, 0) is 0 Å². The number of nitrogens with two attached hydrogens (primary N) is 1. The molecule has 0 spiro atoms. The number of hydrogen-bond donors (Lipinski definition) is 4. The summed E-state index contributed by atoms with van der Waals surface area (Å²) in [6.07, 6.45) is 0. The Hall–Kier alpha value is -2.90. The van der Waals surface area contributed by atoms with Crippen molar-refractivity contribution < 1.29 is 4.39 Å². The number of H-pyrrole nitrogens is 3. The Morgan fingerprint density at radius 3 is 2.74 bits per heavy atom. The SMILES string of the molecule is Nc1ccc(F)c(-c2nc3[nH]c(=O)[nH]c(=O)c3[nH]2)c1. The highest BCUT2D eigenvalue weighted by atomic mass is 19.1. The molecule has 2 heterocycles. The lowest BCUT2D eigenvalue weighted by Gasteiger charge is -2.00. The van der Waals surface area contributed by atoms with E-state index in [0.717, 1.165) is 0 Å². The van der Waals surface area contributed by atoms with Crippen LogP contribution in [0.15, 0.2) is 27.8 Å². The van der Waals surface area contributed by atoms with E-state index in [1.807, 2.05) is 4.98 Å². The standard InChI is InChI=1S/C11H8FN5O2/c12-6-2-1-4(13)3-5(6)8-14-7-9(15-8)16-11(19)17-10(7)18/h1-3H,13H2,(H3,14,15,16,17,18,19). The number of rotatable bonds is 1. The molecular weight excluding hydrogens is 253 g/mol. The van der Waals surface area contributed by atoms with Gasteiger partial charge in [0.2, 0.25) is 0 Å². The normalized spacial score (nSPS) is 11.0. The van der Waals surface area contributed by atoms with Gasteiger partial charge in [0.15, 0.2) is 5.65 Å². The van der Waals surface area contributed by atoms with E-state index < -0.39 is 17.1 Å². The molecule has 0 bridgehead atoms. The van der Waals surface area contributed by atoms with Crippen LogP contribution >= 0.6 is 0 Å². The lowest BCUT2D eigenvalue weighted by atomic mass is 10.2. The van der Waals surface area contributed by atoms with Gasteiger partial charge in [0, 0.05) is 5.69 Å². The molecule has 0 aliphatic heterocycles. The summed E-state index contributed by atoms with van der Waals surface area (Å²) in [6.45, 7) is 0. The molecule has 0 unspecified atom stereocenters. The maximum Gasteiger partial charge on any atom is 0.327 e. The van der Waals surface area contributed by atoms with Gasteiger partial charge in [0.05, 0.1) is 5.56 Å². The Kier molecular flexibility index (Phi) is 2.24. The third-order valence-electron chi connectivity index (χ3n) is 2.64. The molecule has 96 valence electrons. The molecular formula is C11H8FN5O2. The predicted molar refractivity (Wildman–Crippen MR) is 67.1 cm³/mol. The van der Waals surface area contributed by atoms with E-state index in [4.69, 9.17) is 5.73 Å². The Morgan fingerprint density at radius 1 is 1.16 bits per heavy atom. The first-order valence-corrected chi connectivity index (χ1v) is 5.32. The van der Waals surface area contributed by atoms with Crippen molar-refractivity contribution >= 4 is 16.9 Å². The van der Waals surface area contributed by atoms with Crippen molar-refractivity contribution in [3.63, 3.8) is 0 Å². The minimum atomic E-state index is -0.677. The minimum Gasteiger partial charge on any atom is -0.399 e. The zero-order valence-electron chi connectivity index (χ0n) is 9.45. The topological polar surface area (TPSA) is 120 Å². The predicted octanol–water partition coefficient (Wildman–Crippen LogP) is 0.328. The first-order valence-electron chi connectivity index (χ1n) is 5.32. The summed E-state index contributed by atoms with van der Waals surface area (Å²) in [7, 11) is 0. The molecule has 1 aromatic carbocycles. The molecule has 5 N–H and O–H groups in total. The average Bonchev–Trinajstić information content (AvgIpc) is 2.76. The molecule has 0 amide bonds. The van der Waals surface area contributed by atoms with Crippen molar-refractivity contribution in [1.29, 1.82) is 0 Å². The van der Waals surface area contributed by atoms with Crippen LogP contribution in [0.1, 0.15) is 0 Å². The number of aromatic amines is 3. The van der Waals surface area contributed by atoms with Crippen LogP contribution in [0.4, 0.5) is 10.1 Å². The number of nitrogens with zero attached hydrogens (tertiary/aromatic N) is 1. The number of benzene rings is 1. The fourth-order valence-corrected chi connectivity index (χ4v) is 1.78. The Bertz CT molecular complexity index is 892. The van der Waals surface area contributed by atoms with Gasteiger partial charge >= 0.3 is 5.69 Å². The lowest BCUT2D eigenvalue weighted by Crippen LogP contribution is -2.21. The molecule has 0 fully saturated rings. The second kappa shape index (κ2) is 3.80. The molecule has 0 aliphatic carbocycles. The monoisotopic (exact) mass is 261 g/mol. The van der Waals surface area contributed by atoms with Gasteiger partial charge in [0.25, 0.3) is 5.56 Å². The molecule has 0 aliphatic rings. The molecule has 7 nitrogen and oxygen atoms in total. The van der Waals surface area contributed by atoms with Gasteiger partial charge in [-0.15, -0.1) is 0 Å². The van der Waals surface area contributed by atoms with Crippen LogP contribution in [0.5, 0.6) is 0 Å². The summed E-state index contributed by atoms with van der Waals surface area (Å²) in [6, 6.07) is 4.00. The van der Waals surface area contributed by atoms with E-state index in [-0.39, 0.29) is 22.6 Å². The number of halogens is 1. The maximum atomic E-state index is 13.7. The van der Waals surface area contributed by atoms with Crippen LogP contribution in [0.3, 0.4) is 0 Å². The van der Waals surface area contributed by atoms with Crippen molar-refractivity contribution in [3.8, 4) is 11.4 Å². The van der Waals surface area contributed by atoms with E-state index in [9.17, 15) is 14.0 Å². The average molecular weight is 261 g/mol. The second-order valence-electron chi connectivity index (χ2n) is 3.96. The van der Waals surface area contributed by atoms with Gasteiger partial charge < -0.3 is 10.7 Å². The molecule has 19 heavy (non-hydrogen) atoms. The molecule has 0 atom stereocenters. The summed E-state index contributed by atoms with van der Waals surface area (Å²) < 4.78 is 13.7. The Labute approximate surface area is 104 Å². The largest absolute Gasteiger partial charge is 0.399 e. The molecule has 2 aromatic heterocycles. The van der Waals surface area contributed by atoms with Gasteiger partial charge in [-0.05, 0) is 18.2 Å². The number of hydrogen-bond acceptors (Lipinski definition) is 4. The molecule has 0 saturated heterocycles. The zero-order chi connectivity index (χ0) is 13.6. The molecule has 3 rings (SSSR count). The van der Waals surface area contributed by atoms with Crippen LogP contribution in [0.2, 0.25) is 0 Å². The summed E-state index contributed by atoms with van der Waals surface area (Å²) >= 11 is 0. The van der Waals surface area contributed by atoms with E-state index in [0.29, 0.717) is 5.69 Å². The number of fused-ring (bicyclic) bond motifs is 1. The van der Waals surface area contributed by atoms with Crippen molar-refractivity contribution in [2.75, 3.05) is 5.73 Å². The molecule has 0 radical (unpaired) electrons. The van der Waals surface area contributed by atoms with Crippen LogP contribution in [0.25, 0.3) is 22.6 Å². The van der Waals surface area contributed by atoms with Gasteiger partial charge in [-0.1, -0.05) is 0 Å². The van der Waals surface area contributed by atoms with E-state index in [1.165, 1.54) is 18.2 Å². The fourth-order valence-electron chi connectivity index (χ4n) is 1.78. The minimum absolute atomic E-state index is 0.0607. The smallest absolute Gasteiger partial charge is 0.327 e. The van der Waals surface area contributed by atoms with Gasteiger partial charge in [-0.25, -0.2) is 14.2 Å². The van der Waals surface area contributed by atoms with Crippen molar-refractivity contribution in [3.05, 3.63) is 44.9 Å². The summed E-state index contributed by atoms with van der Waals surface area (Å²) in [5.74, 6) is -0.417. The molecule has 0 saturated carbocycles. The first kappa shape index (κ1) is 11.2. The van der Waals surface area contributed by atoms with Crippen LogP contribution in [0, 0.1) is 5.82 Å². The maximum absolute atomic E-state index is 13.7. The second-order valence-corrected chi connectivity index (χ2v) is 3.96. The number of aromatic nitrogens is 4. The highest BCUT2D eigenvalue weighted by molar-refractivity contribution is 5.75. The summed E-state index contributed by atoms with van der Waals surface area (Å²) in [5, 5.41) is 0. The van der Waals surface area contributed by atoms with Gasteiger partial charge in [0.1, 0.15) is 17.2 Å². The third kappa shape index (κ3) is 1.79. The van der Waals surface area contributed by atoms with Crippen LogP contribution < -0.4 is 17.0 Å². The van der Waals surface area contributed by atoms with Crippen molar-refractivity contribution in [1.82, 2.24) is 19.9 Å². The van der Waals surface area contributed by atoms with Crippen LogP contribution in [-0.4, -0.2) is 19.9 Å². The lowest BCUT2D eigenvalue weighted by molar-refractivity contribution is 0.630. The highest BCUT2D eigenvalue weighted by Gasteiger charge is 2.12. The van der Waals surface area contributed by atoms with E-state index in [1.54, 1.807) is 0 Å². The Morgan fingerprint density at radius 2 is 1.95 bits per heavy atom.